The van der Waals surface area contributed by atoms with E-state index in [-0.39, 0.29) is 6.61 Å². The lowest BCUT2D eigenvalue weighted by atomic mass is 9.49. The van der Waals surface area contributed by atoms with Crippen LogP contribution in [-0.4, -0.2) is 49.0 Å². The molecule has 5 aliphatic rings. The van der Waals surface area contributed by atoms with Gasteiger partial charge in [-0.05, 0) is 74.5 Å². The highest BCUT2D eigenvalue weighted by Gasteiger charge is 2.51. The molecule has 0 radical (unpaired) electrons. The molecule has 120 valence electrons. The van der Waals surface area contributed by atoms with Gasteiger partial charge in [-0.1, -0.05) is 0 Å². The molecule has 0 unspecified atom stereocenters. The lowest BCUT2D eigenvalue weighted by Gasteiger charge is -2.58. The maximum Gasteiger partial charge on any atom is 0.0701 e. The Kier molecular flexibility index (Phi) is 4.01. The minimum atomic E-state index is 0.160. The van der Waals surface area contributed by atoms with Crippen molar-refractivity contribution in [1.29, 1.82) is 0 Å². The Balaban J connectivity index is 1.31. The van der Waals surface area contributed by atoms with Crippen LogP contribution < -0.4 is 0 Å². The summed E-state index contributed by atoms with van der Waals surface area (Å²) in [5, 5.41) is 8.86. The van der Waals surface area contributed by atoms with Gasteiger partial charge in [-0.2, -0.15) is 0 Å². The molecule has 5 rings (SSSR count). The summed E-state index contributed by atoms with van der Waals surface area (Å²) in [6, 6.07) is 0. The number of piperidine rings is 1. The van der Waals surface area contributed by atoms with Crippen LogP contribution in [0.1, 0.15) is 51.4 Å². The van der Waals surface area contributed by atoms with Crippen LogP contribution in [0.5, 0.6) is 0 Å². The average molecular weight is 293 g/mol. The first-order valence-corrected chi connectivity index (χ1v) is 9.19. The quantitative estimate of drug-likeness (QED) is 0.846. The van der Waals surface area contributed by atoms with Crippen molar-refractivity contribution >= 4 is 0 Å². The first kappa shape index (κ1) is 14.5. The Morgan fingerprint density at radius 3 is 2.05 bits per heavy atom. The molecule has 1 saturated heterocycles. The van der Waals surface area contributed by atoms with Crippen molar-refractivity contribution in [2.45, 2.75) is 57.5 Å². The predicted molar refractivity (Wildman–Crippen MR) is 83.1 cm³/mol. The summed E-state index contributed by atoms with van der Waals surface area (Å²) in [5.74, 6) is 3.21. The third-order valence-electron chi connectivity index (χ3n) is 6.70. The minimum Gasteiger partial charge on any atom is -0.394 e. The van der Waals surface area contributed by atoms with Crippen LogP contribution in [0.2, 0.25) is 0 Å². The zero-order valence-corrected chi connectivity index (χ0v) is 13.3. The van der Waals surface area contributed by atoms with Crippen molar-refractivity contribution in [2.75, 3.05) is 32.8 Å². The van der Waals surface area contributed by atoms with Gasteiger partial charge in [-0.25, -0.2) is 0 Å². The van der Waals surface area contributed by atoms with Crippen molar-refractivity contribution in [3.8, 4) is 0 Å². The molecule has 21 heavy (non-hydrogen) atoms. The van der Waals surface area contributed by atoms with E-state index in [9.17, 15) is 0 Å². The van der Waals surface area contributed by atoms with Crippen LogP contribution in [0.3, 0.4) is 0 Å². The molecule has 4 saturated carbocycles. The highest BCUT2D eigenvalue weighted by atomic mass is 16.5. The summed E-state index contributed by atoms with van der Waals surface area (Å²) in [4.78, 5) is 2.73. The second-order valence-electron chi connectivity index (χ2n) is 8.49. The molecule has 3 nitrogen and oxygen atoms in total. The third-order valence-corrected chi connectivity index (χ3v) is 6.70. The second-order valence-corrected chi connectivity index (χ2v) is 8.49. The smallest absolute Gasteiger partial charge is 0.0701 e. The fraction of sp³-hybridized carbons (Fsp3) is 1.00. The summed E-state index contributed by atoms with van der Waals surface area (Å²) in [5.41, 5.74) is 0.688. The average Bonchev–Trinajstić information content (AvgIpc) is 2.45. The second kappa shape index (κ2) is 5.82. The Morgan fingerprint density at radius 2 is 1.52 bits per heavy atom. The topological polar surface area (TPSA) is 32.7 Å². The van der Waals surface area contributed by atoms with Crippen molar-refractivity contribution in [2.24, 2.45) is 23.2 Å². The molecule has 0 aromatic heterocycles. The number of aliphatic hydroxyl groups excluding tert-OH is 1. The third kappa shape index (κ3) is 3.02. The van der Waals surface area contributed by atoms with Crippen LogP contribution in [0.4, 0.5) is 0 Å². The zero-order valence-electron chi connectivity index (χ0n) is 13.3. The van der Waals surface area contributed by atoms with Crippen LogP contribution in [0.25, 0.3) is 0 Å². The molecule has 0 spiro atoms. The van der Waals surface area contributed by atoms with Gasteiger partial charge in [0.15, 0.2) is 0 Å². The number of hydrogen-bond donors (Lipinski definition) is 1. The highest BCUT2D eigenvalue weighted by molar-refractivity contribution is 5.02. The van der Waals surface area contributed by atoms with Crippen molar-refractivity contribution in [3.05, 3.63) is 0 Å². The lowest BCUT2D eigenvalue weighted by Crippen LogP contribution is -2.52. The van der Waals surface area contributed by atoms with Crippen LogP contribution in [0, 0.1) is 23.2 Å². The molecule has 0 aromatic carbocycles. The lowest BCUT2D eigenvalue weighted by molar-refractivity contribution is -0.0790. The summed E-state index contributed by atoms with van der Waals surface area (Å²) in [7, 11) is 0. The maximum atomic E-state index is 8.86. The van der Waals surface area contributed by atoms with Gasteiger partial charge in [-0.15, -0.1) is 0 Å². The monoisotopic (exact) mass is 293 g/mol. The van der Waals surface area contributed by atoms with Crippen molar-refractivity contribution < 1.29 is 9.84 Å². The van der Waals surface area contributed by atoms with Crippen molar-refractivity contribution in [3.63, 3.8) is 0 Å². The van der Waals surface area contributed by atoms with Gasteiger partial charge in [-0.3, -0.25) is 0 Å². The first-order valence-electron chi connectivity index (χ1n) is 9.19. The fourth-order valence-electron chi connectivity index (χ4n) is 6.41. The molecule has 0 atom stereocenters. The molecule has 0 amide bonds. The van der Waals surface area contributed by atoms with Crippen molar-refractivity contribution in [1.82, 2.24) is 4.90 Å². The largest absolute Gasteiger partial charge is 0.394 e. The zero-order chi connectivity index (χ0) is 14.3. The van der Waals surface area contributed by atoms with E-state index in [2.05, 4.69) is 4.90 Å². The molecule has 1 heterocycles. The van der Waals surface area contributed by atoms with E-state index in [1.807, 2.05) is 0 Å². The number of rotatable bonds is 5. The standard InChI is InChI=1S/C18H31NO2/c20-5-6-21-17-1-3-19(4-2-17)13-18-10-14-7-15(11-18)9-16(8-14)12-18/h14-17,20H,1-13H2. The van der Waals surface area contributed by atoms with Gasteiger partial charge in [0.05, 0.1) is 19.3 Å². The Morgan fingerprint density at radius 1 is 0.952 bits per heavy atom. The summed E-state index contributed by atoms with van der Waals surface area (Å²) < 4.78 is 5.70. The number of aliphatic hydroxyl groups is 1. The van der Waals surface area contributed by atoms with E-state index < -0.39 is 0 Å². The number of nitrogens with zero attached hydrogens (tertiary/aromatic N) is 1. The molecule has 1 N–H and O–H groups in total. The molecule has 4 bridgehead atoms. The van der Waals surface area contributed by atoms with E-state index in [0.29, 0.717) is 18.1 Å². The molecule has 0 aromatic rings. The van der Waals surface area contributed by atoms with E-state index in [1.165, 1.54) is 38.9 Å². The van der Waals surface area contributed by atoms with Crippen LogP contribution in [0.15, 0.2) is 0 Å². The van der Waals surface area contributed by atoms with E-state index in [1.54, 1.807) is 19.3 Å². The number of hydrogen-bond acceptors (Lipinski definition) is 3. The predicted octanol–water partition coefficient (Wildman–Crippen LogP) is 2.68. The normalized spacial score (nSPS) is 43.6. The SMILES string of the molecule is OCCOC1CCN(CC23CC4CC(CC(C4)C2)C3)CC1. The van der Waals surface area contributed by atoms with Gasteiger partial charge in [0.25, 0.3) is 0 Å². The number of likely N-dealkylation sites (tertiary alicyclic amines) is 1. The fourth-order valence-corrected chi connectivity index (χ4v) is 6.41. The van der Waals surface area contributed by atoms with E-state index in [4.69, 9.17) is 9.84 Å². The van der Waals surface area contributed by atoms with Crippen LogP contribution in [-0.2, 0) is 4.74 Å². The molecule has 1 aliphatic heterocycles. The van der Waals surface area contributed by atoms with Gasteiger partial charge in [0.1, 0.15) is 0 Å². The van der Waals surface area contributed by atoms with E-state index >= 15 is 0 Å². The first-order chi connectivity index (χ1) is 10.2. The highest BCUT2D eigenvalue weighted by Crippen LogP contribution is 2.60. The Labute approximate surface area is 129 Å². The van der Waals surface area contributed by atoms with Crippen LogP contribution >= 0.6 is 0 Å². The van der Waals surface area contributed by atoms with E-state index in [0.717, 1.165) is 30.6 Å². The van der Waals surface area contributed by atoms with Gasteiger partial charge in [0, 0.05) is 19.6 Å². The minimum absolute atomic E-state index is 0.160. The van der Waals surface area contributed by atoms with Gasteiger partial charge < -0.3 is 14.7 Å². The Bertz CT molecular complexity index is 327. The number of ether oxygens (including phenoxy) is 1. The molecule has 3 heteroatoms. The molecule has 4 aliphatic carbocycles. The molecular formula is C18H31NO2. The Hall–Kier alpha value is -0.120. The van der Waals surface area contributed by atoms with Gasteiger partial charge >= 0.3 is 0 Å². The molecular weight excluding hydrogens is 262 g/mol. The summed E-state index contributed by atoms with van der Waals surface area (Å²) in [6.45, 7) is 4.45. The summed E-state index contributed by atoms with van der Waals surface area (Å²) >= 11 is 0. The maximum absolute atomic E-state index is 8.86. The van der Waals surface area contributed by atoms with Gasteiger partial charge in [0.2, 0.25) is 0 Å². The summed E-state index contributed by atoms with van der Waals surface area (Å²) in [6.07, 6.45) is 12.0. The molecule has 5 fully saturated rings.